The number of nitriles is 1. The molecule has 11 heavy (non-hydrogen) atoms. The average Bonchev–Trinajstić information content (AvgIpc) is 1.58. The highest BCUT2D eigenvalue weighted by molar-refractivity contribution is 5.85. The van der Waals surface area contributed by atoms with E-state index in [4.69, 9.17) is 11.0 Å². The van der Waals surface area contributed by atoms with Crippen molar-refractivity contribution in [2.75, 3.05) is 0 Å². The van der Waals surface area contributed by atoms with Gasteiger partial charge in [-0.1, -0.05) is 0 Å². The maximum Gasteiger partial charge on any atom is 0.251 e. The van der Waals surface area contributed by atoms with Gasteiger partial charge in [0.15, 0.2) is 0 Å². The Labute approximate surface area is 69.8 Å². The fourth-order valence-electron chi connectivity index (χ4n) is 1.26. The van der Waals surface area contributed by atoms with Crippen LogP contribution < -0.4 is 5.73 Å². The summed E-state index contributed by atoms with van der Waals surface area (Å²) in [5.74, 6) is -2.62. The third-order valence-corrected chi connectivity index (χ3v) is 1.65. The first-order chi connectivity index (χ1) is 4.47. The first-order valence-electron chi connectivity index (χ1n) is 3.01. The van der Waals surface area contributed by atoms with Gasteiger partial charge in [-0.25, -0.2) is 8.78 Å². The van der Waals surface area contributed by atoms with Crippen LogP contribution in [0.4, 0.5) is 8.78 Å². The van der Waals surface area contributed by atoms with Crippen LogP contribution in [-0.2, 0) is 0 Å². The standard InChI is InChI=1S/C6H8F2N2.ClH/c7-6(8)3-5(10,4-6)1-2-9;/h1,3-4,10H2;1H. The molecule has 0 amide bonds. The lowest BCUT2D eigenvalue weighted by Gasteiger charge is -2.42. The zero-order chi connectivity index (χ0) is 7.83. The van der Waals surface area contributed by atoms with Crippen LogP contribution in [0, 0.1) is 11.3 Å². The van der Waals surface area contributed by atoms with Crippen LogP contribution in [0.1, 0.15) is 19.3 Å². The van der Waals surface area contributed by atoms with Gasteiger partial charge in [-0.05, 0) is 0 Å². The van der Waals surface area contributed by atoms with E-state index < -0.39 is 11.5 Å². The minimum Gasteiger partial charge on any atom is -0.324 e. The number of rotatable bonds is 1. The fraction of sp³-hybridized carbons (Fsp3) is 0.833. The van der Waals surface area contributed by atoms with Crippen LogP contribution in [0.5, 0.6) is 0 Å². The molecule has 0 aliphatic heterocycles. The molecule has 5 heteroatoms. The first-order valence-corrected chi connectivity index (χ1v) is 3.01. The molecular weight excluding hydrogens is 174 g/mol. The van der Waals surface area contributed by atoms with E-state index in [0.717, 1.165) is 0 Å². The predicted molar refractivity (Wildman–Crippen MR) is 38.6 cm³/mol. The normalized spacial score (nSPS) is 24.2. The van der Waals surface area contributed by atoms with E-state index in [0.29, 0.717) is 0 Å². The van der Waals surface area contributed by atoms with Crippen LogP contribution in [0.15, 0.2) is 0 Å². The summed E-state index contributed by atoms with van der Waals surface area (Å²) in [4.78, 5) is 0. The first kappa shape index (κ1) is 10.6. The molecule has 1 aliphatic rings. The number of hydrogen-bond donors (Lipinski definition) is 1. The third-order valence-electron chi connectivity index (χ3n) is 1.65. The van der Waals surface area contributed by atoms with Gasteiger partial charge in [0.25, 0.3) is 5.92 Å². The Bertz CT molecular complexity index is 180. The zero-order valence-corrected chi connectivity index (χ0v) is 6.63. The number of hydrogen-bond acceptors (Lipinski definition) is 2. The minimum absolute atomic E-state index is 0. The van der Waals surface area contributed by atoms with E-state index in [1.54, 1.807) is 6.07 Å². The molecule has 0 atom stereocenters. The molecule has 0 aromatic carbocycles. The van der Waals surface area contributed by atoms with E-state index in [-0.39, 0.29) is 31.7 Å². The molecule has 0 saturated heterocycles. The molecule has 0 aromatic rings. The van der Waals surface area contributed by atoms with Crippen molar-refractivity contribution in [3.8, 4) is 6.07 Å². The van der Waals surface area contributed by atoms with Crippen molar-refractivity contribution < 1.29 is 8.78 Å². The van der Waals surface area contributed by atoms with Gasteiger partial charge in [0.1, 0.15) is 0 Å². The van der Waals surface area contributed by atoms with Crippen LogP contribution >= 0.6 is 12.4 Å². The van der Waals surface area contributed by atoms with Crippen LogP contribution in [-0.4, -0.2) is 11.5 Å². The summed E-state index contributed by atoms with van der Waals surface area (Å²) in [6.45, 7) is 0. The van der Waals surface area contributed by atoms with Crippen LogP contribution in [0.3, 0.4) is 0 Å². The van der Waals surface area contributed by atoms with Crippen molar-refractivity contribution in [1.82, 2.24) is 0 Å². The molecule has 0 unspecified atom stereocenters. The molecule has 1 fully saturated rings. The Kier molecular flexibility index (Phi) is 2.81. The molecule has 0 bridgehead atoms. The van der Waals surface area contributed by atoms with E-state index >= 15 is 0 Å². The summed E-state index contributed by atoms with van der Waals surface area (Å²) in [7, 11) is 0. The highest BCUT2D eigenvalue weighted by Crippen LogP contribution is 2.45. The Hall–Kier alpha value is -0.400. The highest BCUT2D eigenvalue weighted by atomic mass is 35.5. The second-order valence-electron chi connectivity index (χ2n) is 2.91. The molecule has 1 saturated carbocycles. The lowest BCUT2D eigenvalue weighted by Crippen LogP contribution is -2.57. The van der Waals surface area contributed by atoms with Crippen molar-refractivity contribution in [2.24, 2.45) is 5.73 Å². The topological polar surface area (TPSA) is 49.8 Å². The number of alkyl halides is 2. The van der Waals surface area contributed by atoms with Crippen LogP contribution in [0.25, 0.3) is 0 Å². The SMILES string of the molecule is Cl.N#CCC1(N)CC(F)(F)C1. The third kappa shape index (κ3) is 2.28. The van der Waals surface area contributed by atoms with E-state index in [1.807, 2.05) is 0 Å². The number of halogens is 3. The molecule has 64 valence electrons. The maximum absolute atomic E-state index is 12.2. The zero-order valence-electron chi connectivity index (χ0n) is 5.81. The minimum atomic E-state index is -2.62. The van der Waals surface area contributed by atoms with Gasteiger partial charge in [-0.3, -0.25) is 0 Å². The van der Waals surface area contributed by atoms with Crippen LogP contribution in [0.2, 0.25) is 0 Å². The van der Waals surface area contributed by atoms with Crippen molar-refractivity contribution in [3.05, 3.63) is 0 Å². The molecule has 0 heterocycles. The van der Waals surface area contributed by atoms with Gasteiger partial charge >= 0.3 is 0 Å². The number of nitrogens with two attached hydrogens (primary N) is 1. The summed E-state index contributed by atoms with van der Waals surface area (Å²) < 4.78 is 24.3. The van der Waals surface area contributed by atoms with Gasteiger partial charge in [-0.2, -0.15) is 5.26 Å². The van der Waals surface area contributed by atoms with Gasteiger partial charge in [0, 0.05) is 18.4 Å². The highest BCUT2D eigenvalue weighted by Gasteiger charge is 2.54. The smallest absolute Gasteiger partial charge is 0.251 e. The quantitative estimate of drug-likeness (QED) is 0.667. The van der Waals surface area contributed by atoms with E-state index in [2.05, 4.69) is 0 Å². The second-order valence-corrected chi connectivity index (χ2v) is 2.91. The molecule has 0 spiro atoms. The Morgan fingerprint density at radius 1 is 1.45 bits per heavy atom. The van der Waals surface area contributed by atoms with Gasteiger partial charge < -0.3 is 5.73 Å². The van der Waals surface area contributed by atoms with E-state index in [9.17, 15) is 8.78 Å². The summed E-state index contributed by atoms with van der Waals surface area (Å²) in [5.41, 5.74) is 4.48. The van der Waals surface area contributed by atoms with Crippen molar-refractivity contribution in [3.63, 3.8) is 0 Å². The molecule has 1 aliphatic carbocycles. The molecule has 1 rings (SSSR count). The van der Waals surface area contributed by atoms with Gasteiger partial charge in [0.2, 0.25) is 0 Å². The monoisotopic (exact) mass is 182 g/mol. The molecule has 0 radical (unpaired) electrons. The molecule has 0 aromatic heterocycles. The Balaban J connectivity index is 0.000001000. The second kappa shape index (κ2) is 2.92. The Morgan fingerprint density at radius 3 is 2.18 bits per heavy atom. The predicted octanol–water partition coefficient (Wildman–Crippen LogP) is 1.45. The summed E-state index contributed by atoms with van der Waals surface area (Å²) in [6, 6.07) is 1.79. The molecule has 2 N–H and O–H groups in total. The average molecular weight is 183 g/mol. The maximum atomic E-state index is 12.2. The summed E-state index contributed by atoms with van der Waals surface area (Å²) in [6.07, 6.45) is -0.649. The van der Waals surface area contributed by atoms with E-state index in [1.165, 1.54) is 0 Å². The summed E-state index contributed by atoms with van der Waals surface area (Å²) in [5, 5.41) is 8.16. The lowest BCUT2D eigenvalue weighted by atomic mass is 9.72. The lowest BCUT2D eigenvalue weighted by molar-refractivity contribution is -0.120. The largest absolute Gasteiger partial charge is 0.324 e. The summed E-state index contributed by atoms with van der Waals surface area (Å²) >= 11 is 0. The van der Waals surface area contributed by atoms with Gasteiger partial charge in [0.05, 0.1) is 12.5 Å². The molecule has 2 nitrogen and oxygen atoms in total. The Morgan fingerprint density at radius 2 is 1.91 bits per heavy atom. The van der Waals surface area contributed by atoms with Crippen molar-refractivity contribution in [2.45, 2.75) is 30.7 Å². The molecular formula is C6H9ClF2N2. The fourth-order valence-corrected chi connectivity index (χ4v) is 1.26. The van der Waals surface area contributed by atoms with Crippen molar-refractivity contribution >= 4 is 12.4 Å². The van der Waals surface area contributed by atoms with Gasteiger partial charge in [-0.15, -0.1) is 12.4 Å². The van der Waals surface area contributed by atoms with Crippen molar-refractivity contribution in [1.29, 1.82) is 5.26 Å². The number of nitrogens with zero attached hydrogens (tertiary/aromatic N) is 1.